The number of anilines is 1. The number of rotatable bonds is 3. The monoisotopic (exact) mass is 220 g/mol. The molecule has 0 fully saturated rings. The molecule has 1 aromatic rings. The van der Waals surface area contributed by atoms with Crippen molar-refractivity contribution in [3.05, 3.63) is 27.9 Å². The number of hydrogen-bond acceptors (Lipinski definition) is 5. The second kappa shape index (κ2) is 5.68. The Bertz CT molecular complexity index is 448. The fraction of sp³-hybridized carbons (Fsp3) is 0.300. The largest absolute Gasteiger partial charge is 0.383 e. The molecule has 84 valence electrons. The molecule has 0 atom stereocenters. The topological polar surface area (TPSA) is 94.1 Å². The molecule has 0 aromatic carbocycles. The minimum Gasteiger partial charge on any atom is -0.383 e. The van der Waals surface area contributed by atoms with Gasteiger partial charge in [-0.25, -0.2) is 4.98 Å². The van der Waals surface area contributed by atoms with Gasteiger partial charge in [0.05, 0.1) is 10.5 Å². The second-order valence-corrected chi connectivity index (χ2v) is 3.04. The van der Waals surface area contributed by atoms with Crippen molar-refractivity contribution in [3.63, 3.8) is 0 Å². The van der Waals surface area contributed by atoms with Crippen molar-refractivity contribution in [2.75, 3.05) is 19.3 Å². The minimum absolute atomic E-state index is 0.105. The summed E-state index contributed by atoms with van der Waals surface area (Å²) >= 11 is 0. The lowest BCUT2D eigenvalue weighted by Crippen LogP contribution is -2.06. The Labute approximate surface area is 93.0 Å². The fourth-order valence-electron chi connectivity index (χ4n) is 1.01. The summed E-state index contributed by atoms with van der Waals surface area (Å²) in [5.74, 6) is 5.83. The summed E-state index contributed by atoms with van der Waals surface area (Å²) in [6.45, 7) is 0.759. The van der Waals surface area contributed by atoms with Crippen LogP contribution in [0.2, 0.25) is 0 Å². The van der Waals surface area contributed by atoms with Crippen molar-refractivity contribution in [3.8, 4) is 11.8 Å². The molecule has 0 bridgehead atoms. The molecule has 0 saturated heterocycles. The summed E-state index contributed by atoms with van der Waals surface area (Å²) in [4.78, 5) is 13.7. The first-order valence-corrected chi connectivity index (χ1v) is 4.68. The molecule has 0 aliphatic carbocycles. The molecule has 3 N–H and O–H groups in total. The van der Waals surface area contributed by atoms with Crippen molar-refractivity contribution in [1.82, 2.24) is 10.3 Å². The quantitative estimate of drug-likeness (QED) is 0.335. The Kier molecular flexibility index (Phi) is 4.24. The van der Waals surface area contributed by atoms with E-state index in [4.69, 9.17) is 5.73 Å². The SMILES string of the molecule is CNCCC#Cc1cc([N+](=O)[O-])cnc1N. The van der Waals surface area contributed by atoms with Gasteiger partial charge in [0, 0.05) is 19.0 Å². The third-order valence-corrected chi connectivity index (χ3v) is 1.84. The van der Waals surface area contributed by atoms with Gasteiger partial charge in [0.2, 0.25) is 0 Å². The highest BCUT2D eigenvalue weighted by molar-refractivity contribution is 5.54. The first-order valence-electron chi connectivity index (χ1n) is 4.68. The van der Waals surface area contributed by atoms with Gasteiger partial charge in [0.25, 0.3) is 5.69 Å². The Morgan fingerprint density at radius 1 is 1.69 bits per heavy atom. The van der Waals surface area contributed by atoms with E-state index < -0.39 is 4.92 Å². The lowest BCUT2D eigenvalue weighted by Gasteiger charge is -1.96. The molecule has 0 radical (unpaired) electrons. The maximum absolute atomic E-state index is 10.5. The van der Waals surface area contributed by atoms with Crippen molar-refractivity contribution < 1.29 is 4.92 Å². The van der Waals surface area contributed by atoms with Crippen molar-refractivity contribution in [1.29, 1.82) is 0 Å². The zero-order chi connectivity index (χ0) is 12.0. The average molecular weight is 220 g/mol. The van der Waals surface area contributed by atoms with Crippen LogP contribution in [0.25, 0.3) is 0 Å². The first-order chi connectivity index (χ1) is 7.65. The van der Waals surface area contributed by atoms with Crippen LogP contribution in [0.3, 0.4) is 0 Å². The highest BCUT2D eigenvalue weighted by Crippen LogP contribution is 2.15. The van der Waals surface area contributed by atoms with E-state index in [0.29, 0.717) is 12.0 Å². The van der Waals surface area contributed by atoms with Gasteiger partial charge in [-0.05, 0) is 7.05 Å². The van der Waals surface area contributed by atoms with E-state index >= 15 is 0 Å². The van der Waals surface area contributed by atoms with Gasteiger partial charge in [-0.15, -0.1) is 0 Å². The van der Waals surface area contributed by atoms with Crippen LogP contribution in [0.5, 0.6) is 0 Å². The summed E-state index contributed by atoms with van der Waals surface area (Å²) in [5, 5.41) is 13.4. The van der Waals surface area contributed by atoms with Crippen LogP contribution in [0.1, 0.15) is 12.0 Å². The van der Waals surface area contributed by atoms with E-state index in [0.717, 1.165) is 12.7 Å². The standard InChI is InChI=1S/C10H12N4O2/c1-12-5-3-2-4-8-6-9(14(15)16)7-13-10(8)11/h6-7,12H,3,5H2,1H3,(H2,11,13). The van der Waals surface area contributed by atoms with Gasteiger partial charge in [-0.1, -0.05) is 11.8 Å². The van der Waals surface area contributed by atoms with Gasteiger partial charge in [0.1, 0.15) is 12.0 Å². The van der Waals surface area contributed by atoms with Crippen molar-refractivity contribution >= 4 is 11.5 Å². The molecular weight excluding hydrogens is 208 g/mol. The number of nitrogens with zero attached hydrogens (tertiary/aromatic N) is 2. The smallest absolute Gasteiger partial charge is 0.288 e. The van der Waals surface area contributed by atoms with E-state index in [1.165, 1.54) is 6.07 Å². The Hall–Kier alpha value is -2.13. The number of nitrogens with one attached hydrogen (secondary N) is 1. The van der Waals surface area contributed by atoms with E-state index in [1.807, 2.05) is 7.05 Å². The number of nitro groups is 1. The van der Waals surface area contributed by atoms with E-state index in [2.05, 4.69) is 22.1 Å². The predicted molar refractivity (Wildman–Crippen MR) is 60.7 cm³/mol. The molecule has 1 aromatic heterocycles. The zero-order valence-corrected chi connectivity index (χ0v) is 8.86. The van der Waals surface area contributed by atoms with E-state index in [1.54, 1.807) is 0 Å². The van der Waals surface area contributed by atoms with Crippen molar-refractivity contribution in [2.24, 2.45) is 0 Å². The molecule has 0 saturated carbocycles. The number of nitrogens with two attached hydrogens (primary N) is 1. The summed E-state index contributed by atoms with van der Waals surface area (Å²) in [6, 6.07) is 1.33. The maximum Gasteiger partial charge on any atom is 0.288 e. The third-order valence-electron chi connectivity index (χ3n) is 1.84. The lowest BCUT2D eigenvalue weighted by atomic mass is 10.2. The average Bonchev–Trinajstić information content (AvgIpc) is 2.26. The van der Waals surface area contributed by atoms with Crippen LogP contribution in [0, 0.1) is 22.0 Å². The van der Waals surface area contributed by atoms with Gasteiger partial charge >= 0.3 is 0 Å². The fourth-order valence-corrected chi connectivity index (χ4v) is 1.01. The molecule has 1 heterocycles. The maximum atomic E-state index is 10.5. The van der Waals surface area contributed by atoms with Gasteiger partial charge in [0.15, 0.2) is 0 Å². The summed E-state index contributed by atoms with van der Waals surface area (Å²) < 4.78 is 0. The van der Waals surface area contributed by atoms with Crippen LogP contribution in [0.4, 0.5) is 11.5 Å². The molecule has 6 nitrogen and oxygen atoms in total. The Morgan fingerprint density at radius 3 is 3.06 bits per heavy atom. The molecule has 0 aliphatic heterocycles. The molecule has 1 rings (SSSR count). The molecule has 0 unspecified atom stereocenters. The lowest BCUT2D eigenvalue weighted by molar-refractivity contribution is -0.385. The molecule has 0 aliphatic rings. The Balaban J connectivity index is 2.88. The molecular formula is C10H12N4O2. The molecule has 0 amide bonds. The number of pyridine rings is 1. The van der Waals surface area contributed by atoms with Crippen LogP contribution in [-0.4, -0.2) is 23.5 Å². The van der Waals surface area contributed by atoms with E-state index in [-0.39, 0.29) is 11.5 Å². The number of aromatic nitrogens is 1. The Morgan fingerprint density at radius 2 is 2.44 bits per heavy atom. The van der Waals surface area contributed by atoms with Crippen LogP contribution >= 0.6 is 0 Å². The highest BCUT2D eigenvalue weighted by atomic mass is 16.6. The molecule has 6 heteroatoms. The summed E-state index contributed by atoms with van der Waals surface area (Å²) in [6.07, 6.45) is 1.77. The van der Waals surface area contributed by atoms with Gasteiger partial charge < -0.3 is 11.1 Å². The summed E-state index contributed by atoms with van der Waals surface area (Å²) in [5.41, 5.74) is 5.84. The van der Waals surface area contributed by atoms with E-state index in [9.17, 15) is 10.1 Å². The van der Waals surface area contributed by atoms with Crippen LogP contribution in [0.15, 0.2) is 12.3 Å². The second-order valence-electron chi connectivity index (χ2n) is 3.04. The number of nitrogen functional groups attached to an aromatic ring is 1. The predicted octanol–water partition coefficient (Wildman–Crippen LogP) is 0.533. The highest BCUT2D eigenvalue weighted by Gasteiger charge is 2.08. The molecule has 16 heavy (non-hydrogen) atoms. The van der Waals surface area contributed by atoms with Crippen molar-refractivity contribution in [2.45, 2.75) is 6.42 Å². The normalized spacial score (nSPS) is 9.31. The zero-order valence-electron chi connectivity index (χ0n) is 8.86. The van der Waals surface area contributed by atoms with Gasteiger partial charge in [-0.2, -0.15) is 0 Å². The third kappa shape index (κ3) is 3.22. The van der Waals surface area contributed by atoms with Gasteiger partial charge in [-0.3, -0.25) is 10.1 Å². The minimum atomic E-state index is -0.523. The molecule has 0 spiro atoms. The van der Waals surface area contributed by atoms with Crippen LogP contribution < -0.4 is 11.1 Å². The summed E-state index contributed by atoms with van der Waals surface area (Å²) in [7, 11) is 1.82. The number of hydrogen-bond donors (Lipinski definition) is 2. The van der Waals surface area contributed by atoms with Crippen LogP contribution in [-0.2, 0) is 0 Å². The first kappa shape index (κ1) is 11.9.